The van der Waals surface area contributed by atoms with E-state index >= 15 is 0 Å². The van der Waals surface area contributed by atoms with Crippen molar-refractivity contribution in [3.8, 4) is 0 Å². The van der Waals surface area contributed by atoms with E-state index in [-0.39, 0.29) is 17.7 Å². The Morgan fingerprint density at radius 1 is 1.55 bits per heavy atom. The van der Waals surface area contributed by atoms with Crippen molar-refractivity contribution in [2.75, 3.05) is 18.8 Å². The molecule has 0 aromatic carbocycles. The molecule has 2 amide bonds. The van der Waals surface area contributed by atoms with Crippen LogP contribution in [0, 0.1) is 12.8 Å². The zero-order valence-corrected chi connectivity index (χ0v) is 12.1. The number of hydrogen-bond acceptors (Lipinski definition) is 6. The standard InChI is InChI=1S/C12H18N4O3S/c1-8-6-19-12(14-8)20-7-10(17)16-4-2-9(3-5-16)11(18)15-13/h6,9H,2-5,7,13H2,1H3,(H,15,18). The first kappa shape index (κ1) is 14.9. The average Bonchev–Trinajstić information content (AvgIpc) is 2.89. The molecule has 20 heavy (non-hydrogen) atoms. The normalized spacial score (nSPS) is 16.2. The van der Waals surface area contributed by atoms with Crippen molar-refractivity contribution in [2.45, 2.75) is 25.0 Å². The van der Waals surface area contributed by atoms with E-state index in [0.717, 1.165) is 5.69 Å². The van der Waals surface area contributed by atoms with Crippen molar-refractivity contribution in [3.63, 3.8) is 0 Å². The molecule has 0 saturated carbocycles. The van der Waals surface area contributed by atoms with Crippen molar-refractivity contribution in [3.05, 3.63) is 12.0 Å². The first-order valence-corrected chi connectivity index (χ1v) is 7.42. The molecule has 0 atom stereocenters. The number of thioether (sulfide) groups is 1. The molecule has 0 radical (unpaired) electrons. The number of hydrogen-bond donors (Lipinski definition) is 2. The molecular formula is C12H18N4O3S. The molecule has 8 heteroatoms. The molecule has 110 valence electrons. The van der Waals surface area contributed by atoms with Gasteiger partial charge in [0.2, 0.25) is 11.8 Å². The van der Waals surface area contributed by atoms with Crippen LogP contribution in [0.25, 0.3) is 0 Å². The predicted molar refractivity (Wildman–Crippen MR) is 73.6 cm³/mol. The largest absolute Gasteiger partial charge is 0.440 e. The number of nitrogens with one attached hydrogen (secondary N) is 1. The lowest BCUT2D eigenvalue weighted by atomic mass is 9.96. The molecule has 1 aliphatic heterocycles. The van der Waals surface area contributed by atoms with E-state index in [2.05, 4.69) is 10.4 Å². The quantitative estimate of drug-likeness (QED) is 0.359. The Morgan fingerprint density at radius 2 is 2.25 bits per heavy atom. The van der Waals surface area contributed by atoms with E-state index in [0.29, 0.717) is 36.9 Å². The van der Waals surface area contributed by atoms with E-state index in [1.807, 2.05) is 6.92 Å². The van der Waals surface area contributed by atoms with E-state index in [4.69, 9.17) is 10.3 Å². The van der Waals surface area contributed by atoms with E-state index < -0.39 is 0 Å². The third-order valence-corrected chi connectivity index (χ3v) is 4.10. The van der Waals surface area contributed by atoms with Gasteiger partial charge in [0.15, 0.2) is 0 Å². The molecule has 0 unspecified atom stereocenters. The van der Waals surface area contributed by atoms with Crippen LogP contribution in [0.1, 0.15) is 18.5 Å². The molecule has 0 bridgehead atoms. The van der Waals surface area contributed by atoms with Gasteiger partial charge in [-0.2, -0.15) is 0 Å². The van der Waals surface area contributed by atoms with Crippen LogP contribution in [-0.2, 0) is 9.59 Å². The van der Waals surface area contributed by atoms with Crippen molar-refractivity contribution >= 4 is 23.6 Å². The molecule has 1 aliphatic rings. The fourth-order valence-corrected chi connectivity index (χ4v) is 2.88. The monoisotopic (exact) mass is 298 g/mol. The maximum Gasteiger partial charge on any atom is 0.256 e. The van der Waals surface area contributed by atoms with Crippen LogP contribution < -0.4 is 11.3 Å². The number of nitrogens with two attached hydrogens (primary N) is 1. The van der Waals surface area contributed by atoms with Gasteiger partial charge in [0.25, 0.3) is 5.22 Å². The van der Waals surface area contributed by atoms with Crippen LogP contribution in [0.15, 0.2) is 15.9 Å². The predicted octanol–water partition coefficient (Wildman–Crippen LogP) is 0.304. The minimum atomic E-state index is -0.151. The van der Waals surface area contributed by atoms with Crippen LogP contribution in [0.2, 0.25) is 0 Å². The van der Waals surface area contributed by atoms with Crippen molar-refractivity contribution in [2.24, 2.45) is 11.8 Å². The zero-order valence-electron chi connectivity index (χ0n) is 11.3. The molecule has 1 saturated heterocycles. The number of likely N-dealkylation sites (tertiary alicyclic amines) is 1. The van der Waals surface area contributed by atoms with Gasteiger partial charge in [-0.15, -0.1) is 0 Å². The highest BCUT2D eigenvalue weighted by Crippen LogP contribution is 2.20. The van der Waals surface area contributed by atoms with Gasteiger partial charge in [-0.1, -0.05) is 11.8 Å². The number of aryl methyl sites for hydroxylation is 1. The van der Waals surface area contributed by atoms with Gasteiger partial charge in [-0.05, 0) is 19.8 Å². The second kappa shape index (κ2) is 6.76. The van der Waals surface area contributed by atoms with Gasteiger partial charge < -0.3 is 9.32 Å². The van der Waals surface area contributed by atoms with Crippen LogP contribution in [0.4, 0.5) is 0 Å². The molecule has 0 aliphatic carbocycles. The topological polar surface area (TPSA) is 101 Å². The first-order chi connectivity index (χ1) is 9.60. The summed E-state index contributed by atoms with van der Waals surface area (Å²) in [4.78, 5) is 29.3. The number of oxazole rings is 1. The van der Waals surface area contributed by atoms with Crippen molar-refractivity contribution in [1.82, 2.24) is 15.3 Å². The maximum absolute atomic E-state index is 12.0. The van der Waals surface area contributed by atoms with Gasteiger partial charge >= 0.3 is 0 Å². The highest BCUT2D eigenvalue weighted by atomic mass is 32.2. The summed E-state index contributed by atoms with van der Waals surface area (Å²) >= 11 is 1.29. The lowest BCUT2D eigenvalue weighted by molar-refractivity contribution is -0.133. The Balaban J connectivity index is 1.76. The van der Waals surface area contributed by atoms with Crippen LogP contribution >= 0.6 is 11.8 Å². The molecule has 0 spiro atoms. The lowest BCUT2D eigenvalue weighted by Crippen LogP contribution is -2.45. The van der Waals surface area contributed by atoms with Gasteiger partial charge in [0, 0.05) is 19.0 Å². The summed E-state index contributed by atoms with van der Waals surface area (Å²) < 4.78 is 5.18. The summed E-state index contributed by atoms with van der Waals surface area (Å²) in [6.45, 7) is 3.01. The fourth-order valence-electron chi connectivity index (χ4n) is 2.12. The van der Waals surface area contributed by atoms with Gasteiger partial charge in [-0.3, -0.25) is 15.0 Å². The number of amides is 2. The van der Waals surface area contributed by atoms with Crippen LogP contribution in [-0.4, -0.2) is 40.5 Å². The van der Waals surface area contributed by atoms with E-state index in [1.165, 1.54) is 11.8 Å². The molecule has 2 heterocycles. The average molecular weight is 298 g/mol. The minimum Gasteiger partial charge on any atom is -0.440 e. The second-order valence-electron chi connectivity index (χ2n) is 4.71. The highest BCUT2D eigenvalue weighted by Gasteiger charge is 2.26. The number of carbonyl (C=O) groups is 2. The summed E-state index contributed by atoms with van der Waals surface area (Å²) in [6, 6.07) is 0. The summed E-state index contributed by atoms with van der Waals surface area (Å²) in [7, 11) is 0. The summed E-state index contributed by atoms with van der Waals surface area (Å²) in [6.07, 6.45) is 2.86. The molecule has 1 fully saturated rings. The Hall–Kier alpha value is -1.54. The summed E-state index contributed by atoms with van der Waals surface area (Å²) in [5.41, 5.74) is 2.96. The summed E-state index contributed by atoms with van der Waals surface area (Å²) in [5, 5.41) is 0.508. The molecule has 1 aromatic heterocycles. The lowest BCUT2D eigenvalue weighted by Gasteiger charge is -2.30. The number of piperidine rings is 1. The maximum atomic E-state index is 12.0. The van der Waals surface area contributed by atoms with E-state index in [9.17, 15) is 9.59 Å². The Labute approximate surface area is 121 Å². The van der Waals surface area contributed by atoms with Gasteiger partial charge in [0.1, 0.15) is 6.26 Å². The summed E-state index contributed by atoms with van der Waals surface area (Å²) in [5.74, 6) is 5.21. The first-order valence-electron chi connectivity index (χ1n) is 6.43. The molecule has 3 N–H and O–H groups in total. The van der Waals surface area contributed by atoms with Crippen molar-refractivity contribution in [1.29, 1.82) is 0 Å². The van der Waals surface area contributed by atoms with Gasteiger partial charge in [0.05, 0.1) is 11.4 Å². The minimum absolute atomic E-state index is 0.0393. The van der Waals surface area contributed by atoms with Crippen LogP contribution in [0.5, 0.6) is 0 Å². The number of rotatable bonds is 4. The number of aromatic nitrogens is 1. The molecular weight excluding hydrogens is 280 g/mol. The van der Waals surface area contributed by atoms with Crippen molar-refractivity contribution < 1.29 is 14.0 Å². The Bertz CT molecular complexity index is 483. The zero-order chi connectivity index (χ0) is 14.5. The Kier molecular flexibility index (Phi) is 5.02. The van der Waals surface area contributed by atoms with E-state index in [1.54, 1.807) is 11.2 Å². The number of nitrogens with zero attached hydrogens (tertiary/aromatic N) is 2. The van der Waals surface area contributed by atoms with Gasteiger partial charge in [-0.25, -0.2) is 10.8 Å². The molecule has 7 nitrogen and oxygen atoms in total. The smallest absolute Gasteiger partial charge is 0.256 e. The number of carbonyl (C=O) groups excluding carboxylic acids is 2. The molecule has 1 aromatic rings. The second-order valence-corrected chi connectivity index (χ2v) is 5.63. The number of hydrazine groups is 1. The van der Waals surface area contributed by atoms with Crippen LogP contribution in [0.3, 0.4) is 0 Å². The molecule has 2 rings (SSSR count). The third kappa shape index (κ3) is 3.73. The third-order valence-electron chi connectivity index (χ3n) is 3.28. The highest BCUT2D eigenvalue weighted by molar-refractivity contribution is 7.99. The Morgan fingerprint density at radius 3 is 2.80 bits per heavy atom. The SMILES string of the molecule is Cc1coc(SCC(=O)N2CCC(C(=O)NN)CC2)n1. The fraction of sp³-hybridized carbons (Fsp3) is 0.583.